The van der Waals surface area contributed by atoms with E-state index in [1.54, 1.807) is 0 Å². The number of ether oxygens (including phenoxy) is 1. The lowest BCUT2D eigenvalue weighted by Crippen LogP contribution is -2.05. The molecule has 112 valence electrons. The van der Waals surface area contributed by atoms with Crippen LogP contribution in [0, 0.1) is 5.92 Å². The molecule has 0 saturated heterocycles. The maximum atomic E-state index is 5.68. The van der Waals surface area contributed by atoms with Crippen LogP contribution in [0.1, 0.15) is 25.8 Å². The molecule has 0 heterocycles. The fourth-order valence-electron chi connectivity index (χ4n) is 2.10. The van der Waals surface area contributed by atoms with Crippen molar-refractivity contribution in [3.63, 3.8) is 0 Å². The smallest absolute Gasteiger partial charge is 0.119 e. The van der Waals surface area contributed by atoms with E-state index < -0.39 is 0 Å². The van der Waals surface area contributed by atoms with Crippen LogP contribution in [0.25, 0.3) is 0 Å². The lowest BCUT2D eigenvalue weighted by molar-refractivity contribution is 0.271. The van der Waals surface area contributed by atoms with Crippen molar-refractivity contribution in [1.82, 2.24) is 0 Å². The molecule has 0 saturated carbocycles. The number of benzene rings is 2. The predicted octanol–water partition coefficient (Wildman–Crippen LogP) is 4.77. The van der Waals surface area contributed by atoms with Gasteiger partial charge in [-0.25, -0.2) is 0 Å². The molecule has 0 unspecified atom stereocenters. The van der Waals surface area contributed by atoms with Crippen LogP contribution in [0.5, 0.6) is 5.75 Å². The second-order valence-electron chi connectivity index (χ2n) is 5.75. The monoisotopic (exact) mass is 283 g/mol. The van der Waals surface area contributed by atoms with Gasteiger partial charge in [0.2, 0.25) is 0 Å². The van der Waals surface area contributed by atoms with Crippen molar-refractivity contribution in [2.75, 3.05) is 18.5 Å². The Hall–Kier alpha value is -1.96. The molecule has 0 aliphatic carbocycles. The van der Waals surface area contributed by atoms with Crippen LogP contribution in [0.15, 0.2) is 54.6 Å². The average Bonchev–Trinajstić information content (AvgIpc) is 2.52. The summed E-state index contributed by atoms with van der Waals surface area (Å²) in [5.41, 5.74) is 2.55. The zero-order valence-electron chi connectivity index (χ0n) is 13.0. The van der Waals surface area contributed by atoms with E-state index in [-0.39, 0.29) is 0 Å². The predicted molar refractivity (Wildman–Crippen MR) is 90.0 cm³/mol. The third kappa shape index (κ3) is 5.90. The summed E-state index contributed by atoms with van der Waals surface area (Å²) in [6, 6.07) is 18.8. The Labute approximate surface area is 128 Å². The van der Waals surface area contributed by atoms with Crippen LogP contribution >= 0.6 is 0 Å². The highest BCUT2D eigenvalue weighted by molar-refractivity contribution is 5.46. The molecule has 0 bridgehead atoms. The minimum atomic E-state index is 0.556. The van der Waals surface area contributed by atoms with Crippen molar-refractivity contribution >= 4 is 5.69 Å². The van der Waals surface area contributed by atoms with Gasteiger partial charge in [0.1, 0.15) is 5.75 Å². The quantitative estimate of drug-likeness (QED) is 0.705. The lowest BCUT2D eigenvalue weighted by atomic mass is 10.1. The van der Waals surface area contributed by atoms with Crippen molar-refractivity contribution in [3.05, 3.63) is 60.2 Å². The van der Waals surface area contributed by atoms with Gasteiger partial charge in [-0.05, 0) is 48.6 Å². The number of hydrogen-bond donors (Lipinski definition) is 1. The van der Waals surface area contributed by atoms with Crippen molar-refractivity contribution in [2.45, 2.75) is 26.7 Å². The number of rotatable bonds is 8. The van der Waals surface area contributed by atoms with E-state index in [2.05, 4.69) is 61.6 Å². The van der Waals surface area contributed by atoms with Gasteiger partial charge in [-0.15, -0.1) is 0 Å². The van der Waals surface area contributed by atoms with Gasteiger partial charge < -0.3 is 10.1 Å². The number of aryl methyl sites for hydroxylation is 1. The van der Waals surface area contributed by atoms with Crippen LogP contribution in [-0.2, 0) is 6.42 Å². The van der Waals surface area contributed by atoms with E-state index in [9.17, 15) is 0 Å². The maximum absolute atomic E-state index is 5.68. The second kappa shape index (κ2) is 8.35. The van der Waals surface area contributed by atoms with Gasteiger partial charge in [0.25, 0.3) is 0 Å². The van der Waals surface area contributed by atoms with E-state index in [0.29, 0.717) is 5.92 Å². The number of nitrogens with one attached hydrogen (secondary N) is 1. The molecule has 2 aromatic carbocycles. The molecule has 0 amide bonds. The molecule has 0 aliphatic heterocycles. The Balaban J connectivity index is 1.69. The lowest BCUT2D eigenvalue weighted by Gasteiger charge is -2.10. The fraction of sp³-hybridized carbons (Fsp3) is 0.368. The molecule has 0 spiro atoms. The van der Waals surface area contributed by atoms with Gasteiger partial charge in [-0.1, -0.05) is 44.2 Å². The zero-order valence-corrected chi connectivity index (χ0v) is 13.0. The molecular weight excluding hydrogens is 258 g/mol. The first-order chi connectivity index (χ1) is 10.2. The largest absolute Gasteiger partial charge is 0.493 e. The van der Waals surface area contributed by atoms with Crippen LogP contribution in [0.3, 0.4) is 0 Å². The molecule has 0 radical (unpaired) electrons. The fourth-order valence-corrected chi connectivity index (χ4v) is 2.10. The Morgan fingerprint density at radius 2 is 1.67 bits per heavy atom. The molecule has 2 heteroatoms. The molecule has 2 nitrogen and oxygen atoms in total. The molecule has 0 fully saturated rings. The van der Waals surface area contributed by atoms with E-state index >= 15 is 0 Å². The van der Waals surface area contributed by atoms with Crippen LogP contribution in [-0.4, -0.2) is 13.2 Å². The van der Waals surface area contributed by atoms with Gasteiger partial charge in [-0.3, -0.25) is 0 Å². The van der Waals surface area contributed by atoms with Crippen LogP contribution in [0.2, 0.25) is 0 Å². The first kappa shape index (κ1) is 15.4. The summed E-state index contributed by atoms with van der Waals surface area (Å²) in [6.45, 7) is 6.07. The number of hydrogen-bond acceptors (Lipinski definition) is 2. The first-order valence-corrected chi connectivity index (χ1v) is 7.74. The molecule has 0 atom stereocenters. The third-order valence-corrected chi connectivity index (χ3v) is 3.25. The average molecular weight is 283 g/mol. The van der Waals surface area contributed by atoms with Crippen molar-refractivity contribution in [3.8, 4) is 5.75 Å². The van der Waals surface area contributed by atoms with Crippen LogP contribution in [0.4, 0.5) is 5.69 Å². The first-order valence-electron chi connectivity index (χ1n) is 7.74. The Morgan fingerprint density at radius 1 is 0.952 bits per heavy atom. The summed E-state index contributed by atoms with van der Waals surface area (Å²) in [5.74, 6) is 1.50. The summed E-state index contributed by atoms with van der Waals surface area (Å²) in [7, 11) is 0. The van der Waals surface area contributed by atoms with Gasteiger partial charge >= 0.3 is 0 Å². The molecule has 21 heavy (non-hydrogen) atoms. The molecule has 2 aromatic rings. The third-order valence-electron chi connectivity index (χ3n) is 3.25. The van der Waals surface area contributed by atoms with Crippen LogP contribution < -0.4 is 10.1 Å². The summed E-state index contributed by atoms with van der Waals surface area (Å²) in [6.07, 6.45) is 2.25. The molecule has 2 rings (SSSR count). The molecular formula is C19H25NO. The van der Waals surface area contributed by atoms with E-state index in [4.69, 9.17) is 4.74 Å². The molecule has 1 N–H and O–H groups in total. The normalized spacial score (nSPS) is 10.6. The number of anilines is 1. The highest BCUT2D eigenvalue weighted by atomic mass is 16.5. The van der Waals surface area contributed by atoms with Crippen molar-refractivity contribution < 1.29 is 4.74 Å². The van der Waals surface area contributed by atoms with Gasteiger partial charge in [-0.2, -0.15) is 0 Å². The van der Waals surface area contributed by atoms with Gasteiger partial charge in [0.05, 0.1) is 6.61 Å². The van der Waals surface area contributed by atoms with E-state index in [1.807, 2.05) is 12.1 Å². The topological polar surface area (TPSA) is 21.3 Å². The van der Waals surface area contributed by atoms with E-state index in [1.165, 1.54) is 5.56 Å². The molecule has 0 aliphatic rings. The minimum absolute atomic E-state index is 0.556. The zero-order chi connectivity index (χ0) is 14.9. The Kier molecular flexibility index (Phi) is 6.14. The Morgan fingerprint density at radius 3 is 2.33 bits per heavy atom. The minimum Gasteiger partial charge on any atom is -0.493 e. The summed E-state index contributed by atoms with van der Waals surface area (Å²) < 4.78 is 5.68. The SMILES string of the molecule is CC(C)COc1ccc(NCCCc2ccccc2)cc1. The summed E-state index contributed by atoms with van der Waals surface area (Å²) >= 11 is 0. The summed E-state index contributed by atoms with van der Waals surface area (Å²) in [5, 5.41) is 3.45. The van der Waals surface area contributed by atoms with Gasteiger partial charge in [0.15, 0.2) is 0 Å². The summed E-state index contributed by atoms with van der Waals surface area (Å²) in [4.78, 5) is 0. The Bertz CT molecular complexity index is 505. The maximum Gasteiger partial charge on any atom is 0.119 e. The molecule has 0 aromatic heterocycles. The van der Waals surface area contributed by atoms with E-state index in [0.717, 1.165) is 37.4 Å². The highest BCUT2D eigenvalue weighted by Crippen LogP contribution is 2.16. The second-order valence-corrected chi connectivity index (χ2v) is 5.75. The van der Waals surface area contributed by atoms with Crippen molar-refractivity contribution in [1.29, 1.82) is 0 Å². The van der Waals surface area contributed by atoms with Gasteiger partial charge in [0, 0.05) is 12.2 Å². The highest BCUT2D eigenvalue weighted by Gasteiger charge is 1.98. The van der Waals surface area contributed by atoms with Crippen molar-refractivity contribution in [2.24, 2.45) is 5.92 Å². The standard InChI is InChI=1S/C19H25NO/c1-16(2)15-21-19-12-10-18(11-13-19)20-14-6-9-17-7-4-3-5-8-17/h3-5,7-8,10-13,16,20H,6,9,14-15H2,1-2H3.